The van der Waals surface area contributed by atoms with Crippen molar-refractivity contribution in [2.75, 3.05) is 18.0 Å². The Balaban J connectivity index is 1.86. The van der Waals surface area contributed by atoms with Crippen molar-refractivity contribution in [1.82, 2.24) is 10.3 Å². The van der Waals surface area contributed by atoms with Gasteiger partial charge in [-0.25, -0.2) is 0 Å². The molecule has 2 unspecified atom stereocenters. The molecule has 0 saturated carbocycles. The van der Waals surface area contributed by atoms with Crippen molar-refractivity contribution in [2.24, 2.45) is 0 Å². The van der Waals surface area contributed by atoms with Gasteiger partial charge in [-0.3, -0.25) is 4.98 Å². The van der Waals surface area contributed by atoms with E-state index in [0.717, 1.165) is 13.1 Å². The molecule has 1 N–H and O–H groups in total. The minimum atomic E-state index is 0.381. The van der Waals surface area contributed by atoms with Gasteiger partial charge in [0.25, 0.3) is 0 Å². The highest BCUT2D eigenvalue weighted by Gasteiger charge is 2.26. The van der Waals surface area contributed by atoms with Gasteiger partial charge < -0.3 is 10.2 Å². The van der Waals surface area contributed by atoms with Crippen LogP contribution in [0.4, 0.5) is 5.69 Å². The third kappa shape index (κ3) is 2.54. The number of piperazine rings is 1. The molecule has 1 aliphatic heterocycles. The van der Waals surface area contributed by atoms with Crippen LogP contribution in [0, 0.1) is 6.92 Å². The number of aryl methyl sites for hydroxylation is 1. The topological polar surface area (TPSA) is 28.2 Å². The fraction of sp³-hybridized carbons (Fsp3) is 0.353. The first kappa shape index (κ1) is 13.1. The monoisotopic (exact) mass is 267 g/mol. The fourth-order valence-electron chi connectivity index (χ4n) is 2.86. The molecule has 104 valence electrons. The maximum atomic E-state index is 4.29. The normalized spacial score (nSPS) is 22.8. The summed E-state index contributed by atoms with van der Waals surface area (Å²) in [6, 6.07) is 13.6. The Labute approximate surface area is 120 Å². The summed E-state index contributed by atoms with van der Waals surface area (Å²) in [7, 11) is 0. The molecule has 1 aromatic carbocycles. The van der Waals surface area contributed by atoms with Gasteiger partial charge in [-0.15, -0.1) is 0 Å². The SMILES string of the molecule is Cc1ccncc1N1CC(c2ccccc2)NCC1C. The molecule has 2 heterocycles. The van der Waals surface area contributed by atoms with Crippen molar-refractivity contribution in [3.8, 4) is 0 Å². The number of anilines is 1. The lowest BCUT2D eigenvalue weighted by Crippen LogP contribution is -2.51. The van der Waals surface area contributed by atoms with Gasteiger partial charge >= 0.3 is 0 Å². The molecule has 1 aromatic heterocycles. The van der Waals surface area contributed by atoms with Gasteiger partial charge in [0, 0.05) is 31.4 Å². The average molecular weight is 267 g/mol. The first-order valence-corrected chi connectivity index (χ1v) is 7.21. The second-order valence-electron chi connectivity index (χ2n) is 5.54. The van der Waals surface area contributed by atoms with Gasteiger partial charge in [0.1, 0.15) is 0 Å². The number of hydrogen-bond donors (Lipinski definition) is 1. The summed E-state index contributed by atoms with van der Waals surface area (Å²) in [6.07, 6.45) is 3.85. The highest BCUT2D eigenvalue weighted by atomic mass is 15.2. The van der Waals surface area contributed by atoms with E-state index in [9.17, 15) is 0 Å². The predicted molar refractivity (Wildman–Crippen MR) is 83.0 cm³/mol. The second kappa shape index (κ2) is 5.63. The van der Waals surface area contributed by atoms with E-state index in [2.05, 4.69) is 65.4 Å². The molecule has 0 bridgehead atoms. The molecule has 3 heteroatoms. The van der Waals surface area contributed by atoms with E-state index >= 15 is 0 Å². The van der Waals surface area contributed by atoms with Crippen LogP contribution in [0.25, 0.3) is 0 Å². The van der Waals surface area contributed by atoms with Crippen molar-refractivity contribution >= 4 is 5.69 Å². The van der Waals surface area contributed by atoms with Gasteiger partial charge in [0.15, 0.2) is 0 Å². The van der Waals surface area contributed by atoms with E-state index < -0.39 is 0 Å². The summed E-state index contributed by atoms with van der Waals surface area (Å²) in [4.78, 5) is 6.76. The van der Waals surface area contributed by atoms with Crippen LogP contribution < -0.4 is 10.2 Å². The quantitative estimate of drug-likeness (QED) is 0.907. The van der Waals surface area contributed by atoms with Crippen molar-refractivity contribution in [1.29, 1.82) is 0 Å². The third-order valence-corrected chi connectivity index (χ3v) is 4.09. The third-order valence-electron chi connectivity index (χ3n) is 4.09. The molecule has 2 aromatic rings. The van der Waals surface area contributed by atoms with E-state index in [4.69, 9.17) is 0 Å². The predicted octanol–water partition coefficient (Wildman–Crippen LogP) is 2.93. The Hall–Kier alpha value is -1.87. The summed E-state index contributed by atoms with van der Waals surface area (Å²) in [5, 5.41) is 3.64. The van der Waals surface area contributed by atoms with Crippen LogP contribution in [0.3, 0.4) is 0 Å². The number of rotatable bonds is 2. The smallest absolute Gasteiger partial charge is 0.0585 e. The molecular weight excluding hydrogens is 246 g/mol. The fourth-order valence-corrected chi connectivity index (χ4v) is 2.86. The molecular formula is C17H21N3. The van der Waals surface area contributed by atoms with Crippen LogP contribution in [-0.2, 0) is 0 Å². The molecule has 0 radical (unpaired) electrons. The largest absolute Gasteiger partial charge is 0.364 e. The summed E-state index contributed by atoms with van der Waals surface area (Å²) in [5.74, 6) is 0. The minimum Gasteiger partial charge on any atom is -0.364 e. The lowest BCUT2D eigenvalue weighted by molar-refractivity contribution is 0.414. The second-order valence-corrected chi connectivity index (χ2v) is 5.54. The van der Waals surface area contributed by atoms with Crippen LogP contribution in [0.15, 0.2) is 48.8 Å². The van der Waals surface area contributed by atoms with Crippen LogP contribution in [-0.4, -0.2) is 24.1 Å². The zero-order valence-corrected chi connectivity index (χ0v) is 12.1. The van der Waals surface area contributed by atoms with Crippen molar-refractivity contribution in [3.05, 3.63) is 59.9 Å². The highest BCUT2D eigenvalue weighted by Crippen LogP contribution is 2.27. The number of nitrogens with one attached hydrogen (secondary N) is 1. The van der Waals surface area contributed by atoms with Crippen LogP contribution >= 0.6 is 0 Å². The van der Waals surface area contributed by atoms with Crippen molar-refractivity contribution in [2.45, 2.75) is 25.9 Å². The van der Waals surface area contributed by atoms with Crippen LogP contribution in [0.1, 0.15) is 24.1 Å². The molecule has 20 heavy (non-hydrogen) atoms. The average Bonchev–Trinajstić information content (AvgIpc) is 2.49. The summed E-state index contributed by atoms with van der Waals surface area (Å²) in [6.45, 7) is 6.40. The van der Waals surface area contributed by atoms with Gasteiger partial charge in [0.2, 0.25) is 0 Å². The zero-order chi connectivity index (χ0) is 13.9. The number of pyridine rings is 1. The number of aromatic nitrogens is 1. The Morgan fingerprint density at radius 1 is 1.20 bits per heavy atom. The van der Waals surface area contributed by atoms with Gasteiger partial charge in [-0.05, 0) is 31.0 Å². The Morgan fingerprint density at radius 3 is 2.75 bits per heavy atom. The van der Waals surface area contributed by atoms with Crippen LogP contribution in [0.2, 0.25) is 0 Å². The lowest BCUT2D eigenvalue weighted by atomic mass is 10.0. The summed E-state index contributed by atoms with van der Waals surface area (Å²) in [5.41, 5.74) is 3.90. The number of nitrogens with zero attached hydrogens (tertiary/aromatic N) is 2. The van der Waals surface area contributed by atoms with Crippen molar-refractivity contribution in [3.63, 3.8) is 0 Å². The number of benzene rings is 1. The Bertz CT molecular complexity index is 567. The minimum absolute atomic E-state index is 0.381. The first-order valence-electron chi connectivity index (χ1n) is 7.21. The molecule has 0 aliphatic carbocycles. The molecule has 1 fully saturated rings. The highest BCUT2D eigenvalue weighted by molar-refractivity contribution is 5.52. The van der Waals surface area contributed by atoms with E-state index in [1.807, 2.05) is 12.4 Å². The van der Waals surface area contributed by atoms with E-state index in [1.165, 1.54) is 16.8 Å². The van der Waals surface area contributed by atoms with Crippen LogP contribution in [0.5, 0.6) is 0 Å². The van der Waals surface area contributed by atoms with E-state index in [0.29, 0.717) is 12.1 Å². The van der Waals surface area contributed by atoms with Crippen molar-refractivity contribution < 1.29 is 0 Å². The maximum absolute atomic E-state index is 4.29. The summed E-state index contributed by atoms with van der Waals surface area (Å²) < 4.78 is 0. The van der Waals surface area contributed by atoms with E-state index in [1.54, 1.807) is 0 Å². The first-order chi connectivity index (χ1) is 9.75. The van der Waals surface area contributed by atoms with E-state index in [-0.39, 0.29) is 0 Å². The maximum Gasteiger partial charge on any atom is 0.0585 e. The van der Waals surface area contributed by atoms with Gasteiger partial charge in [-0.1, -0.05) is 30.3 Å². The molecule has 0 spiro atoms. The standard InChI is InChI=1S/C17H21N3/c1-13-8-9-18-11-17(13)20-12-16(19-10-14(20)2)15-6-4-3-5-7-15/h3-9,11,14,16,19H,10,12H2,1-2H3. The molecule has 3 nitrogen and oxygen atoms in total. The lowest BCUT2D eigenvalue weighted by Gasteiger charge is -2.41. The molecule has 3 rings (SSSR count). The number of hydrogen-bond acceptors (Lipinski definition) is 3. The molecule has 1 aliphatic rings. The van der Waals surface area contributed by atoms with Gasteiger partial charge in [-0.2, -0.15) is 0 Å². The Morgan fingerprint density at radius 2 is 2.00 bits per heavy atom. The molecule has 2 atom stereocenters. The molecule has 0 amide bonds. The summed E-state index contributed by atoms with van der Waals surface area (Å²) >= 11 is 0. The molecule has 1 saturated heterocycles. The zero-order valence-electron chi connectivity index (χ0n) is 12.1. The Kier molecular flexibility index (Phi) is 3.70. The van der Waals surface area contributed by atoms with Gasteiger partial charge in [0.05, 0.1) is 11.9 Å².